The van der Waals surface area contributed by atoms with E-state index in [0.717, 1.165) is 17.7 Å². The van der Waals surface area contributed by atoms with E-state index in [1.807, 2.05) is 37.3 Å². The van der Waals surface area contributed by atoms with Crippen molar-refractivity contribution >= 4 is 23.9 Å². The van der Waals surface area contributed by atoms with Crippen LogP contribution in [-0.4, -0.2) is 77.0 Å². The van der Waals surface area contributed by atoms with Crippen LogP contribution in [0.25, 0.3) is 0 Å². The molecule has 4 rings (SSSR count). The summed E-state index contributed by atoms with van der Waals surface area (Å²) >= 11 is 0. The lowest BCUT2D eigenvalue weighted by Crippen LogP contribution is -2.74. The Balaban J connectivity index is 1.59. The van der Waals surface area contributed by atoms with E-state index in [1.54, 1.807) is 6.92 Å². The zero-order valence-electron chi connectivity index (χ0n) is 24.3. The predicted octanol–water partition coefficient (Wildman–Crippen LogP) is 3.88. The summed E-state index contributed by atoms with van der Waals surface area (Å²) in [6.45, 7) is 5.06. The van der Waals surface area contributed by atoms with Crippen molar-refractivity contribution in [3.8, 4) is 0 Å². The maximum atomic E-state index is 13.7. The first-order chi connectivity index (χ1) is 20.4. The average molecular weight is 604 g/mol. The normalized spacial score (nSPS) is 20.5. The van der Waals surface area contributed by atoms with E-state index in [-0.39, 0.29) is 43.6 Å². The molecule has 0 spiro atoms. The first-order valence-corrected chi connectivity index (χ1v) is 14.2. The first kappa shape index (κ1) is 31.6. The van der Waals surface area contributed by atoms with Gasteiger partial charge in [-0.15, -0.1) is 0 Å². The number of amides is 5. The number of urea groups is 1. The van der Waals surface area contributed by atoms with E-state index < -0.39 is 48.6 Å². The Bertz CT molecular complexity index is 1340. The van der Waals surface area contributed by atoms with Gasteiger partial charge in [-0.1, -0.05) is 55.8 Å². The molecule has 232 valence electrons. The standard InChI is InChI=1S/C30H36F3N5O5/c1-4-10-34-28(41)35-14-24-27(40)36(16-21-8-6-5-7-9-21)17-25-37(15-20(3)26(39)38(24)25)29(42)43-18-22-11-19(2)12-23(13-22)30(31,32)33/h5-9,11-13,20,24-25H,4,10,14-18H2,1-3H3,(H2,34,35,41)/t20-,24-,25+/m0/s1. The maximum absolute atomic E-state index is 13.7. The van der Waals surface area contributed by atoms with Crippen LogP contribution < -0.4 is 10.6 Å². The molecule has 3 atom stereocenters. The number of alkyl halides is 3. The number of rotatable bonds is 8. The van der Waals surface area contributed by atoms with Crippen molar-refractivity contribution in [3.05, 3.63) is 70.8 Å². The van der Waals surface area contributed by atoms with Crippen LogP contribution in [0.5, 0.6) is 0 Å². The molecule has 10 nitrogen and oxygen atoms in total. The van der Waals surface area contributed by atoms with E-state index in [9.17, 15) is 32.3 Å². The second kappa shape index (κ2) is 13.3. The van der Waals surface area contributed by atoms with E-state index in [1.165, 1.54) is 27.7 Å². The Morgan fingerprint density at radius 3 is 2.40 bits per heavy atom. The van der Waals surface area contributed by atoms with Gasteiger partial charge < -0.3 is 25.2 Å². The molecule has 2 N–H and O–H groups in total. The van der Waals surface area contributed by atoms with Gasteiger partial charge >= 0.3 is 18.3 Å². The van der Waals surface area contributed by atoms with Gasteiger partial charge in [-0.3, -0.25) is 14.5 Å². The third-order valence-electron chi connectivity index (χ3n) is 7.41. The molecule has 13 heteroatoms. The molecule has 5 amide bonds. The van der Waals surface area contributed by atoms with Gasteiger partial charge in [-0.2, -0.15) is 13.2 Å². The molecule has 0 unspecified atom stereocenters. The summed E-state index contributed by atoms with van der Waals surface area (Å²) in [6, 6.07) is 11.1. The van der Waals surface area contributed by atoms with Crippen molar-refractivity contribution in [2.45, 2.75) is 58.7 Å². The van der Waals surface area contributed by atoms with Gasteiger partial charge in [0.2, 0.25) is 11.8 Å². The van der Waals surface area contributed by atoms with Crippen molar-refractivity contribution in [1.29, 1.82) is 0 Å². The summed E-state index contributed by atoms with van der Waals surface area (Å²) in [7, 11) is 0. The Morgan fingerprint density at radius 1 is 1.00 bits per heavy atom. The molecule has 2 heterocycles. The Labute approximate surface area is 248 Å². The molecule has 2 aromatic rings. The molecule has 0 radical (unpaired) electrons. The summed E-state index contributed by atoms with van der Waals surface area (Å²) in [5.74, 6) is -1.42. The fourth-order valence-corrected chi connectivity index (χ4v) is 5.37. The monoisotopic (exact) mass is 603 g/mol. The number of benzene rings is 2. The lowest BCUT2D eigenvalue weighted by atomic mass is 9.98. The number of ether oxygens (including phenoxy) is 1. The lowest BCUT2D eigenvalue weighted by Gasteiger charge is -2.53. The fraction of sp³-hybridized carbons (Fsp3) is 0.467. The van der Waals surface area contributed by atoms with Crippen molar-refractivity contribution in [2.24, 2.45) is 5.92 Å². The number of nitrogens with one attached hydrogen (secondary N) is 2. The molecule has 0 saturated carbocycles. The number of carbonyl (C=O) groups is 4. The highest BCUT2D eigenvalue weighted by Crippen LogP contribution is 2.32. The van der Waals surface area contributed by atoms with E-state index in [2.05, 4.69) is 10.6 Å². The smallest absolute Gasteiger partial charge is 0.416 e. The number of hydrogen-bond acceptors (Lipinski definition) is 5. The summed E-state index contributed by atoms with van der Waals surface area (Å²) in [4.78, 5) is 57.2. The van der Waals surface area contributed by atoms with Gasteiger partial charge in [0.25, 0.3) is 0 Å². The fourth-order valence-electron chi connectivity index (χ4n) is 5.37. The quantitative estimate of drug-likeness (QED) is 0.476. The van der Waals surface area contributed by atoms with Crippen LogP contribution in [0.1, 0.15) is 42.5 Å². The highest BCUT2D eigenvalue weighted by Gasteiger charge is 2.51. The predicted molar refractivity (Wildman–Crippen MR) is 150 cm³/mol. The number of hydrogen-bond donors (Lipinski definition) is 2. The molecule has 2 aromatic carbocycles. The van der Waals surface area contributed by atoms with Gasteiger partial charge in [0.05, 0.1) is 18.0 Å². The zero-order valence-corrected chi connectivity index (χ0v) is 24.3. The summed E-state index contributed by atoms with van der Waals surface area (Å²) in [5, 5.41) is 5.34. The van der Waals surface area contributed by atoms with Crippen molar-refractivity contribution in [3.63, 3.8) is 0 Å². The van der Waals surface area contributed by atoms with E-state index in [0.29, 0.717) is 18.5 Å². The Kier molecular flexibility index (Phi) is 9.82. The highest BCUT2D eigenvalue weighted by atomic mass is 19.4. The summed E-state index contributed by atoms with van der Waals surface area (Å²) in [6.07, 6.45) is -5.58. The molecule has 2 fully saturated rings. The minimum atomic E-state index is -4.55. The molecular formula is C30H36F3N5O5. The van der Waals surface area contributed by atoms with Crippen molar-refractivity contribution in [1.82, 2.24) is 25.3 Å². The molecule has 2 aliphatic rings. The Morgan fingerprint density at radius 2 is 1.72 bits per heavy atom. The maximum Gasteiger partial charge on any atom is 0.416 e. The first-order valence-electron chi connectivity index (χ1n) is 14.2. The van der Waals surface area contributed by atoms with Gasteiger partial charge in [0.15, 0.2) is 0 Å². The highest BCUT2D eigenvalue weighted by molar-refractivity contribution is 5.92. The van der Waals surface area contributed by atoms with Crippen molar-refractivity contribution < 1.29 is 37.1 Å². The number of carbonyl (C=O) groups excluding carboxylic acids is 4. The molecule has 2 aliphatic heterocycles. The van der Waals surface area contributed by atoms with Crippen LogP contribution in [0.2, 0.25) is 0 Å². The number of nitrogens with zero attached hydrogens (tertiary/aromatic N) is 3. The molecule has 0 aliphatic carbocycles. The van der Waals surface area contributed by atoms with Crippen molar-refractivity contribution in [2.75, 3.05) is 26.2 Å². The minimum Gasteiger partial charge on any atom is -0.444 e. The third-order valence-corrected chi connectivity index (χ3v) is 7.41. The minimum absolute atomic E-state index is 0.00897. The lowest BCUT2D eigenvalue weighted by molar-refractivity contribution is -0.172. The van der Waals surface area contributed by atoms with Crippen LogP contribution in [-0.2, 0) is 33.7 Å². The molecule has 0 aromatic heterocycles. The SMILES string of the molecule is CCCNC(=O)NC[C@H]1C(=O)N(Cc2ccccc2)C[C@@H]2N(C(=O)OCc3cc(C)cc(C(F)(F)F)c3)C[C@H](C)C(=O)N21. The van der Waals surface area contributed by atoms with Crippen LogP contribution in [0.3, 0.4) is 0 Å². The van der Waals surface area contributed by atoms with Crippen LogP contribution >= 0.6 is 0 Å². The summed E-state index contributed by atoms with van der Waals surface area (Å²) in [5.41, 5.74) is 0.525. The van der Waals surface area contributed by atoms with E-state index >= 15 is 0 Å². The van der Waals surface area contributed by atoms with Crippen LogP contribution in [0, 0.1) is 12.8 Å². The largest absolute Gasteiger partial charge is 0.444 e. The number of piperazine rings is 1. The average Bonchev–Trinajstić information content (AvgIpc) is 2.96. The topological polar surface area (TPSA) is 111 Å². The zero-order chi connectivity index (χ0) is 31.3. The number of fused-ring (bicyclic) bond motifs is 1. The number of halogens is 3. The number of aryl methyl sites for hydroxylation is 1. The third kappa shape index (κ3) is 7.57. The second-order valence-electron chi connectivity index (χ2n) is 10.9. The van der Waals surface area contributed by atoms with Crippen LogP contribution in [0.4, 0.5) is 22.8 Å². The molecule has 2 saturated heterocycles. The van der Waals surface area contributed by atoms with Gasteiger partial charge in [-0.25, -0.2) is 9.59 Å². The molecule has 0 bridgehead atoms. The molecule has 43 heavy (non-hydrogen) atoms. The molecular weight excluding hydrogens is 567 g/mol. The second-order valence-corrected chi connectivity index (χ2v) is 10.9. The van der Waals surface area contributed by atoms with Gasteiger partial charge in [0.1, 0.15) is 18.8 Å². The van der Waals surface area contributed by atoms with Gasteiger partial charge in [0, 0.05) is 26.2 Å². The Hall–Kier alpha value is -4.29. The van der Waals surface area contributed by atoms with E-state index in [4.69, 9.17) is 4.74 Å². The van der Waals surface area contributed by atoms with Crippen LogP contribution in [0.15, 0.2) is 48.5 Å². The van der Waals surface area contributed by atoms with Gasteiger partial charge in [-0.05, 0) is 36.6 Å². The summed E-state index contributed by atoms with van der Waals surface area (Å²) < 4.78 is 45.4.